The van der Waals surface area contributed by atoms with Gasteiger partial charge in [-0.15, -0.1) is 0 Å². The molecule has 0 radical (unpaired) electrons. The number of nitrogens with one attached hydrogen (secondary N) is 1. The summed E-state index contributed by atoms with van der Waals surface area (Å²) in [5, 5.41) is 11.1. The highest BCUT2D eigenvalue weighted by Gasteiger charge is 2.23. The number of carbonyl (C=O) groups excluding carboxylic acids is 1. The number of amides is 1. The first-order valence-corrected chi connectivity index (χ1v) is 8.62. The Kier molecular flexibility index (Phi) is 5.85. The van der Waals surface area contributed by atoms with Crippen LogP contribution in [0.5, 0.6) is 0 Å². The van der Waals surface area contributed by atoms with Crippen LogP contribution < -0.4 is 5.32 Å². The number of sulfone groups is 1. The van der Waals surface area contributed by atoms with Crippen LogP contribution in [-0.2, 0) is 14.6 Å². The molecule has 1 unspecified atom stereocenters. The van der Waals surface area contributed by atoms with E-state index in [-0.39, 0.29) is 12.0 Å². The number of hydrogen-bond acceptors (Lipinski definition) is 4. The molecular formula is C12H13BrFNO5S. The molecule has 1 aromatic rings. The summed E-state index contributed by atoms with van der Waals surface area (Å²) in [7, 11) is -3.36. The van der Waals surface area contributed by atoms with Crippen LogP contribution in [0.4, 0.5) is 4.39 Å². The van der Waals surface area contributed by atoms with Gasteiger partial charge in [0, 0.05) is 10.7 Å². The maximum absolute atomic E-state index is 13.6. The second kappa shape index (κ2) is 6.99. The van der Waals surface area contributed by atoms with Crippen molar-refractivity contribution in [2.75, 3.05) is 12.0 Å². The lowest BCUT2D eigenvalue weighted by Gasteiger charge is -2.14. The lowest BCUT2D eigenvalue weighted by atomic mass is 10.1. The average Bonchev–Trinajstić information content (AvgIpc) is 2.32. The van der Waals surface area contributed by atoms with Gasteiger partial charge in [-0.1, -0.05) is 15.9 Å². The van der Waals surface area contributed by atoms with Gasteiger partial charge in [-0.3, -0.25) is 4.79 Å². The van der Waals surface area contributed by atoms with Crippen LogP contribution in [0.2, 0.25) is 0 Å². The molecule has 0 spiro atoms. The molecule has 0 aliphatic rings. The summed E-state index contributed by atoms with van der Waals surface area (Å²) in [5.41, 5.74) is -0.316. The molecule has 0 saturated heterocycles. The van der Waals surface area contributed by atoms with Crippen LogP contribution in [0.3, 0.4) is 0 Å². The van der Waals surface area contributed by atoms with Crippen molar-refractivity contribution in [1.82, 2.24) is 5.32 Å². The van der Waals surface area contributed by atoms with Gasteiger partial charge >= 0.3 is 5.97 Å². The smallest absolute Gasteiger partial charge is 0.326 e. The molecule has 0 fully saturated rings. The fraction of sp³-hybridized carbons (Fsp3) is 0.333. The quantitative estimate of drug-likeness (QED) is 0.770. The van der Waals surface area contributed by atoms with E-state index in [1.807, 2.05) is 0 Å². The number of carboxylic acids is 1. The third kappa shape index (κ3) is 5.80. The lowest BCUT2D eigenvalue weighted by Crippen LogP contribution is -2.42. The highest BCUT2D eigenvalue weighted by molar-refractivity contribution is 9.10. The lowest BCUT2D eigenvalue weighted by molar-refractivity contribution is -0.139. The van der Waals surface area contributed by atoms with Crippen molar-refractivity contribution < 1.29 is 27.5 Å². The Balaban J connectivity index is 2.84. The molecule has 1 rings (SSSR count). The molecule has 0 aliphatic heterocycles. The van der Waals surface area contributed by atoms with Gasteiger partial charge in [0.1, 0.15) is 21.7 Å². The summed E-state index contributed by atoms with van der Waals surface area (Å²) in [6, 6.07) is 2.30. The number of halogens is 2. The minimum absolute atomic E-state index is 0.294. The number of rotatable bonds is 6. The first-order chi connectivity index (χ1) is 9.60. The Bertz CT molecular complexity index is 662. The molecule has 0 bridgehead atoms. The zero-order valence-electron chi connectivity index (χ0n) is 11.0. The SMILES string of the molecule is CS(=O)(=O)CCC(NC(=O)c1ccc(Br)cc1F)C(=O)O. The molecule has 0 heterocycles. The van der Waals surface area contributed by atoms with Gasteiger partial charge < -0.3 is 10.4 Å². The standard InChI is InChI=1S/C12H13BrFNO5S/c1-21(19,20)5-4-10(12(17)18)15-11(16)8-3-2-7(13)6-9(8)14/h2-3,6,10H,4-5H2,1H3,(H,15,16)(H,17,18). The number of benzene rings is 1. The van der Waals surface area contributed by atoms with Gasteiger partial charge in [-0.25, -0.2) is 17.6 Å². The van der Waals surface area contributed by atoms with E-state index in [0.29, 0.717) is 4.47 Å². The van der Waals surface area contributed by atoms with Crippen molar-refractivity contribution in [2.45, 2.75) is 12.5 Å². The Morgan fingerprint density at radius 2 is 2.05 bits per heavy atom. The Morgan fingerprint density at radius 1 is 1.43 bits per heavy atom. The molecule has 6 nitrogen and oxygen atoms in total. The van der Waals surface area contributed by atoms with Crippen molar-refractivity contribution in [2.24, 2.45) is 0 Å². The predicted molar refractivity (Wildman–Crippen MR) is 77.3 cm³/mol. The molecule has 1 aromatic carbocycles. The maximum atomic E-state index is 13.6. The fourth-order valence-electron chi connectivity index (χ4n) is 1.50. The molecule has 0 aromatic heterocycles. The third-order valence-corrected chi connectivity index (χ3v) is 4.03. The van der Waals surface area contributed by atoms with Gasteiger partial charge in [-0.2, -0.15) is 0 Å². The van der Waals surface area contributed by atoms with Crippen molar-refractivity contribution in [3.8, 4) is 0 Å². The first kappa shape index (κ1) is 17.6. The van der Waals surface area contributed by atoms with Gasteiger partial charge in [0.25, 0.3) is 5.91 Å². The Morgan fingerprint density at radius 3 is 2.52 bits per heavy atom. The molecule has 9 heteroatoms. The van der Waals surface area contributed by atoms with Crippen LogP contribution in [0, 0.1) is 5.82 Å². The van der Waals surface area contributed by atoms with Gasteiger partial charge in [0.05, 0.1) is 11.3 Å². The summed E-state index contributed by atoms with van der Waals surface area (Å²) in [6.45, 7) is 0. The highest BCUT2D eigenvalue weighted by atomic mass is 79.9. The second-order valence-electron chi connectivity index (χ2n) is 4.41. The van der Waals surface area contributed by atoms with E-state index in [0.717, 1.165) is 12.3 Å². The average molecular weight is 382 g/mol. The predicted octanol–water partition coefficient (Wildman–Crippen LogP) is 1.21. The zero-order valence-corrected chi connectivity index (χ0v) is 13.4. The van der Waals surface area contributed by atoms with Gasteiger partial charge in [0.15, 0.2) is 0 Å². The monoisotopic (exact) mass is 381 g/mol. The zero-order chi connectivity index (χ0) is 16.2. The topological polar surface area (TPSA) is 101 Å². The van der Waals surface area contributed by atoms with E-state index in [1.54, 1.807) is 0 Å². The maximum Gasteiger partial charge on any atom is 0.326 e. The number of carbonyl (C=O) groups is 2. The molecule has 0 saturated carbocycles. The van der Waals surface area contributed by atoms with E-state index >= 15 is 0 Å². The minimum atomic E-state index is -3.36. The van der Waals surface area contributed by atoms with Crippen LogP contribution in [-0.4, -0.2) is 43.5 Å². The largest absolute Gasteiger partial charge is 0.480 e. The summed E-state index contributed by atoms with van der Waals surface area (Å²) in [5.74, 6) is -3.51. The molecule has 21 heavy (non-hydrogen) atoms. The van der Waals surface area contributed by atoms with Gasteiger partial charge in [-0.05, 0) is 24.6 Å². The Labute approximate surface area is 129 Å². The minimum Gasteiger partial charge on any atom is -0.480 e. The first-order valence-electron chi connectivity index (χ1n) is 5.76. The molecule has 0 aliphatic carbocycles. The van der Waals surface area contributed by atoms with E-state index in [1.165, 1.54) is 12.1 Å². The normalized spacial score (nSPS) is 12.7. The number of carboxylic acid groups (broad SMARTS) is 1. The van der Waals surface area contributed by atoms with Crippen LogP contribution in [0.25, 0.3) is 0 Å². The summed E-state index contributed by atoms with van der Waals surface area (Å²) in [4.78, 5) is 22.8. The van der Waals surface area contributed by atoms with Crippen molar-refractivity contribution in [3.63, 3.8) is 0 Å². The third-order valence-electron chi connectivity index (χ3n) is 2.56. The summed E-state index contributed by atoms with van der Waals surface area (Å²) >= 11 is 3.03. The molecular weight excluding hydrogens is 369 g/mol. The van der Waals surface area contributed by atoms with E-state index in [4.69, 9.17) is 5.11 Å². The van der Waals surface area contributed by atoms with Crippen molar-refractivity contribution in [1.29, 1.82) is 0 Å². The number of aliphatic carboxylic acids is 1. The molecule has 1 atom stereocenters. The molecule has 116 valence electrons. The summed E-state index contributed by atoms with van der Waals surface area (Å²) < 4.78 is 36.1. The van der Waals surface area contributed by atoms with E-state index < -0.39 is 39.3 Å². The van der Waals surface area contributed by atoms with Crippen molar-refractivity contribution in [3.05, 3.63) is 34.1 Å². The van der Waals surface area contributed by atoms with E-state index in [2.05, 4.69) is 21.2 Å². The van der Waals surface area contributed by atoms with Crippen LogP contribution >= 0.6 is 15.9 Å². The second-order valence-corrected chi connectivity index (χ2v) is 7.58. The van der Waals surface area contributed by atoms with Crippen LogP contribution in [0.1, 0.15) is 16.8 Å². The van der Waals surface area contributed by atoms with Gasteiger partial charge in [0.2, 0.25) is 0 Å². The highest BCUT2D eigenvalue weighted by Crippen LogP contribution is 2.15. The van der Waals surface area contributed by atoms with Crippen LogP contribution in [0.15, 0.2) is 22.7 Å². The molecule has 1 amide bonds. The summed E-state index contributed by atoms with van der Waals surface area (Å²) in [6.07, 6.45) is 0.667. The van der Waals surface area contributed by atoms with Crippen molar-refractivity contribution >= 4 is 37.6 Å². The Hall–Kier alpha value is -1.48. The van der Waals surface area contributed by atoms with E-state index in [9.17, 15) is 22.4 Å². The number of hydrogen-bond donors (Lipinski definition) is 2. The fourth-order valence-corrected chi connectivity index (χ4v) is 2.50. The molecule has 2 N–H and O–H groups in total.